The number of benzene rings is 2. The van der Waals surface area contributed by atoms with E-state index in [1.807, 2.05) is 54.6 Å². The van der Waals surface area contributed by atoms with Gasteiger partial charge in [-0.2, -0.15) is 0 Å². The molecule has 2 aromatic heterocycles. The first-order valence-electron chi connectivity index (χ1n) is 16.3. The number of carboxylic acids is 1. The molecule has 9 nitrogen and oxygen atoms in total. The van der Waals surface area contributed by atoms with Crippen LogP contribution in [0.5, 0.6) is 5.75 Å². The summed E-state index contributed by atoms with van der Waals surface area (Å²) in [7, 11) is 0. The average molecular weight is 657 g/mol. The van der Waals surface area contributed by atoms with Crippen LogP contribution in [0.3, 0.4) is 0 Å². The number of hydrogen-bond donors (Lipinski definition) is 3. The fourth-order valence-electron chi connectivity index (χ4n) is 4.99. The maximum atomic E-state index is 13.1. The average Bonchev–Trinajstić information content (AvgIpc) is 3.56. The molecule has 2 aromatic carbocycles. The standard InChI is InChI=1S/C37H44N4O5S/c1-4-6-7-8-9-21-46-30-17-15-27(16-18-30)29-23-38-34(39-24-29)28-13-11-26(12-14-28)22-32(35(42)40-25(3)37(44)45)41-36(43)33-20-19-31(47-33)10-5-2/h11-20,23-25,32H,4-10,21-22H2,1-3H3,(H,40,42)(H,41,43)(H,44,45)/t25-,32+/m1/s1. The van der Waals surface area contributed by atoms with Crippen LogP contribution in [-0.4, -0.2) is 51.5 Å². The third kappa shape index (κ3) is 10.7. The Hall–Kier alpha value is -4.57. The summed E-state index contributed by atoms with van der Waals surface area (Å²) in [6, 6.07) is 17.0. The molecule has 47 heavy (non-hydrogen) atoms. The zero-order valence-electron chi connectivity index (χ0n) is 27.3. The number of ether oxygens (including phenoxy) is 1. The van der Waals surface area contributed by atoms with Gasteiger partial charge in [0.25, 0.3) is 5.91 Å². The summed E-state index contributed by atoms with van der Waals surface area (Å²) in [5, 5.41) is 14.6. The van der Waals surface area contributed by atoms with Gasteiger partial charge in [-0.1, -0.05) is 82.3 Å². The first kappa shape index (κ1) is 35.3. The van der Waals surface area contributed by atoms with Crippen molar-refractivity contribution < 1.29 is 24.2 Å². The zero-order valence-corrected chi connectivity index (χ0v) is 28.1. The Bertz CT molecular complexity index is 1590. The SMILES string of the molecule is CCCCCCCOc1ccc(-c2cnc(-c3ccc(C[C@H](NC(=O)c4ccc(CCC)s4)C(=O)N[C@H](C)C(=O)O)cc3)nc2)cc1. The number of nitrogens with one attached hydrogen (secondary N) is 2. The molecule has 2 atom stereocenters. The van der Waals surface area contributed by atoms with Crippen LogP contribution in [0.1, 0.15) is 79.4 Å². The summed E-state index contributed by atoms with van der Waals surface area (Å²) in [6.07, 6.45) is 11.6. The lowest BCUT2D eigenvalue weighted by Crippen LogP contribution is -2.51. The summed E-state index contributed by atoms with van der Waals surface area (Å²) >= 11 is 1.39. The highest BCUT2D eigenvalue weighted by atomic mass is 32.1. The number of aryl methyl sites for hydroxylation is 1. The lowest BCUT2D eigenvalue weighted by atomic mass is 10.0. The molecule has 10 heteroatoms. The van der Waals surface area contributed by atoms with Crippen LogP contribution in [0, 0.1) is 0 Å². The van der Waals surface area contributed by atoms with Gasteiger partial charge in [0.1, 0.15) is 17.8 Å². The van der Waals surface area contributed by atoms with E-state index in [1.165, 1.54) is 43.9 Å². The Morgan fingerprint density at radius 3 is 2.15 bits per heavy atom. The molecule has 0 saturated carbocycles. The van der Waals surface area contributed by atoms with Gasteiger partial charge in [0.15, 0.2) is 5.82 Å². The second kappa shape index (κ2) is 17.9. The Morgan fingerprint density at radius 1 is 0.809 bits per heavy atom. The van der Waals surface area contributed by atoms with E-state index in [4.69, 9.17) is 4.74 Å². The summed E-state index contributed by atoms with van der Waals surface area (Å²) in [5.41, 5.74) is 3.48. The molecule has 0 aliphatic rings. The van der Waals surface area contributed by atoms with Crippen molar-refractivity contribution in [3.05, 3.63) is 88.4 Å². The molecule has 0 bridgehead atoms. The van der Waals surface area contributed by atoms with Crippen LogP contribution in [0.2, 0.25) is 0 Å². The first-order valence-corrected chi connectivity index (χ1v) is 17.2. The van der Waals surface area contributed by atoms with E-state index in [2.05, 4.69) is 34.4 Å². The van der Waals surface area contributed by atoms with Crippen LogP contribution in [0.25, 0.3) is 22.5 Å². The van der Waals surface area contributed by atoms with E-state index in [9.17, 15) is 19.5 Å². The van der Waals surface area contributed by atoms with Crippen molar-refractivity contribution in [1.82, 2.24) is 20.6 Å². The highest BCUT2D eigenvalue weighted by Crippen LogP contribution is 2.24. The van der Waals surface area contributed by atoms with E-state index in [1.54, 1.807) is 18.5 Å². The number of carbonyl (C=O) groups excluding carboxylic acids is 2. The largest absolute Gasteiger partial charge is 0.494 e. The monoisotopic (exact) mass is 656 g/mol. The van der Waals surface area contributed by atoms with Crippen molar-refractivity contribution in [3.8, 4) is 28.3 Å². The maximum Gasteiger partial charge on any atom is 0.325 e. The predicted molar refractivity (Wildman–Crippen MR) is 186 cm³/mol. The van der Waals surface area contributed by atoms with Crippen molar-refractivity contribution >= 4 is 29.1 Å². The molecule has 0 aliphatic carbocycles. The number of carboxylic acid groups (broad SMARTS) is 1. The molecular formula is C37H44N4O5S. The number of rotatable bonds is 18. The van der Waals surface area contributed by atoms with Gasteiger partial charge in [-0.15, -0.1) is 11.3 Å². The fourth-order valence-corrected chi connectivity index (χ4v) is 6.00. The van der Waals surface area contributed by atoms with Gasteiger partial charge >= 0.3 is 5.97 Å². The smallest absolute Gasteiger partial charge is 0.325 e. The minimum absolute atomic E-state index is 0.176. The van der Waals surface area contributed by atoms with Gasteiger partial charge in [0.05, 0.1) is 11.5 Å². The molecule has 4 rings (SSSR count). The maximum absolute atomic E-state index is 13.1. The van der Waals surface area contributed by atoms with Crippen molar-refractivity contribution in [2.24, 2.45) is 0 Å². The zero-order chi connectivity index (χ0) is 33.6. The van der Waals surface area contributed by atoms with Crippen molar-refractivity contribution in [2.45, 2.75) is 84.2 Å². The Morgan fingerprint density at radius 2 is 1.49 bits per heavy atom. The van der Waals surface area contributed by atoms with Gasteiger partial charge in [-0.3, -0.25) is 14.4 Å². The highest BCUT2D eigenvalue weighted by molar-refractivity contribution is 7.14. The third-order valence-electron chi connectivity index (χ3n) is 7.74. The Labute approximate surface area is 280 Å². The molecule has 0 radical (unpaired) electrons. The molecule has 0 saturated heterocycles. The normalized spacial score (nSPS) is 12.2. The van der Waals surface area contributed by atoms with E-state index in [-0.39, 0.29) is 12.3 Å². The van der Waals surface area contributed by atoms with Gasteiger partial charge in [0.2, 0.25) is 5.91 Å². The van der Waals surface area contributed by atoms with Crippen LogP contribution < -0.4 is 15.4 Å². The summed E-state index contributed by atoms with van der Waals surface area (Å²) in [6.45, 7) is 6.39. The number of unbranched alkanes of at least 4 members (excludes halogenated alkanes) is 4. The topological polar surface area (TPSA) is 131 Å². The molecule has 3 N–H and O–H groups in total. The summed E-state index contributed by atoms with van der Waals surface area (Å²) < 4.78 is 5.88. The second-order valence-electron chi connectivity index (χ2n) is 11.6. The molecule has 248 valence electrons. The predicted octanol–water partition coefficient (Wildman–Crippen LogP) is 7.10. The van der Waals surface area contributed by atoms with Crippen LogP contribution >= 0.6 is 11.3 Å². The van der Waals surface area contributed by atoms with Crippen LogP contribution in [0.4, 0.5) is 0 Å². The van der Waals surface area contributed by atoms with Gasteiger partial charge in [0, 0.05) is 34.8 Å². The number of amides is 2. The fraction of sp³-hybridized carbons (Fsp3) is 0.378. The van der Waals surface area contributed by atoms with E-state index in [0.29, 0.717) is 10.7 Å². The van der Waals surface area contributed by atoms with Crippen molar-refractivity contribution in [3.63, 3.8) is 0 Å². The minimum Gasteiger partial charge on any atom is -0.494 e. The first-order chi connectivity index (χ1) is 22.8. The number of thiophene rings is 1. The summed E-state index contributed by atoms with van der Waals surface area (Å²) in [4.78, 5) is 48.2. The van der Waals surface area contributed by atoms with Gasteiger partial charge in [-0.05, 0) is 55.2 Å². The van der Waals surface area contributed by atoms with Crippen molar-refractivity contribution in [2.75, 3.05) is 6.61 Å². The quantitative estimate of drug-likeness (QED) is 0.0974. The third-order valence-corrected chi connectivity index (χ3v) is 8.88. The molecule has 0 unspecified atom stereocenters. The van der Waals surface area contributed by atoms with E-state index >= 15 is 0 Å². The molecule has 2 heterocycles. The van der Waals surface area contributed by atoms with E-state index < -0.39 is 24.0 Å². The number of aromatic nitrogens is 2. The number of hydrogen-bond acceptors (Lipinski definition) is 7. The van der Waals surface area contributed by atoms with Crippen LogP contribution in [0.15, 0.2) is 73.1 Å². The van der Waals surface area contributed by atoms with E-state index in [0.717, 1.165) is 58.7 Å². The van der Waals surface area contributed by atoms with Crippen LogP contribution in [-0.2, 0) is 22.4 Å². The molecule has 0 aliphatic heterocycles. The lowest BCUT2D eigenvalue weighted by molar-refractivity contribution is -0.141. The minimum atomic E-state index is -1.16. The molecule has 0 spiro atoms. The molecule has 0 fully saturated rings. The molecule has 2 amide bonds. The summed E-state index contributed by atoms with van der Waals surface area (Å²) in [5.74, 6) is -0.683. The highest BCUT2D eigenvalue weighted by Gasteiger charge is 2.25. The second-order valence-corrected chi connectivity index (χ2v) is 12.8. The molecule has 4 aromatic rings. The van der Waals surface area contributed by atoms with Crippen molar-refractivity contribution in [1.29, 1.82) is 0 Å². The lowest BCUT2D eigenvalue weighted by Gasteiger charge is -2.20. The number of aliphatic carboxylic acids is 1. The number of nitrogens with zero attached hydrogens (tertiary/aromatic N) is 2. The van der Waals surface area contributed by atoms with Gasteiger partial charge < -0.3 is 20.5 Å². The van der Waals surface area contributed by atoms with Gasteiger partial charge in [-0.25, -0.2) is 9.97 Å². The molecular weight excluding hydrogens is 612 g/mol. The Balaban J connectivity index is 1.38. The number of carbonyl (C=O) groups is 3. The Kier molecular flexibility index (Phi) is 13.5.